The lowest BCUT2D eigenvalue weighted by Gasteiger charge is -2.09. The van der Waals surface area contributed by atoms with Crippen molar-refractivity contribution in [2.24, 2.45) is 0 Å². The molecule has 2 N–H and O–H groups in total. The number of carbonyl (C=O) groups is 1. The zero-order chi connectivity index (χ0) is 15.5. The van der Waals surface area contributed by atoms with Gasteiger partial charge in [-0.05, 0) is 29.8 Å². The van der Waals surface area contributed by atoms with Crippen LogP contribution in [-0.2, 0) is 6.42 Å². The van der Waals surface area contributed by atoms with E-state index in [2.05, 4.69) is 0 Å². The normalized spacial score (nSPS) is 13.5. The molecule has 1 aliphatic rings. The summed E-state index contributed by atoms with van der Waals surface area (Å²) in [6, 6.07) is 9.33. The maximum absolute atomic E-state index is 12.3. The molecule has 5 heteroatoms. The molecule has 22 heavy (non-hydrogen) atoms. The van der Waals surface area contributed by atoms with E-state index < -0.39 is 0 Å². The van der Waals surface area contributed by atoms with Gasteiger partial charge in [-0.1, -0.05) is 6.07 Å². The van der Waals surface area contributed by atoms with Gasteiger partial charge in [-0.3, -0.25) is 4.79 Å². The zero-order valence-corrected chi connectivity index (χ0v) is 11.9. The molecule has 0 unspecified atom stereocenters. The van der Waals surface area contributed by atoms with Gasteiger partial charge in [-0.25, -0.2) is 0 Å². The summed E-state index contributed by atoms with van der Waals surface area (Å²) in [5, 5.41) is 19.0. The number of Topliss-reactive ketones (excluding diaryl/α,β-unsaturated/α-hetero) is 1. The highest BCUT2D eigenvalue weighted by Gasteiger charge is 2.15. The summed E-state index contributed by atoms with van der Waals surface area (Å²) >= 11 is 0. The van der Waals surface area contributed by atoms with E-state index in [-0.39, 0.29) is 29.3 Å². The molecule has 0 saturated heterocycles. The molecule has 1 heterocycles. The van der Waals surface area contributed by atoms with Crippen LogP contribution in [0.2, 0.25) is 0 Å². The van der Waals surface area contributed by atoms with Gasteiger partial charge >= 0.3 is 0 Å². The van der Waals surface area contributed by atoms with Crippen molar-refractivity contribution in [2.45, 2.75) is 12.8 Å². The Morgan fingerprint density at radius 2 is 1.77 bits per heavy atom. The van der Waals surface area contributed by atoms with Crippen LogP contribution in [-0.4, -0.2) is 29.2 Å². The van der Waals surface area contributed by atoms with E-state index in [1.807, 2.05) is 6.07 Å². The molecule has 0 spiro atoms. The number of phenols is 2. The molecular formula is C17H16O5. The summed E-state index contributed by atoms with van der Waals surface area (Å²) in [5.41, 5.74) is 0.964. The van der Waals surface area contributed by atoms with Crippen molar-refractivity contribution in [1.29, 1.82) is 0 Å². The number of benzene rings is 2. The van der Waals surface area contributed by atoms with Gasteiger partial charge in [0, 0.05) is 18.9 Å². The standard InChI is InChI=1S/C17H16O5/c18-12-3-4-13(15(20)10-12)14(19)8-11-2-5-16-17(9-11)22-7-1-6-21-16/h2-5,9-10,18,20H,1,6-8H2. The van der Waals surface area contributed by atoms with E-state index in [1.165, 1.54) is 12.1 Å². The highest BCUT2D eigenvalue weighted by atomic mass is 16.5. The van der Waals surface area contributed by atoms with Gasteiger partial charge in [0.15, 0.2) is 17.3 Å². The van der Waals surface area contributed by atoms with Crippen molar-refractivity contribution < 1.29 is 24.5 Å². The molecule has 114 valence electrons. The van der Waals surface area contributed by atoms with Gasteiger partial charge in [-0.15, -0.1) is 0 Å². The molecule has 3 rings (SSSR count). The zero-order valence-electron chi connectivity index (χ0n) is 11.9. The molecule has 0 bridgehead atoms. The lowest BCUT2D eigenvalue weighted by molar-refractivity contribution is 0.0990. The number of ether oxygens (including phenoxy) is 2. The van der Waals surface area contributed by atoms with E-state index >= 15 is 0 Å². The highest BCUT2D eigenvalue weighted by molar-refractivity contribution is 6.00. The second kappa shape index (κ2) is 5.97. The molecule has 5 nitrogen and oxygen atoms in total. The van der Waals surface area contributed by atoms with Crippen LogP contribution < -0.4 is 9.47 Å². The molecule has 0 atom stereocenters. The first-order valence-electron chi connectivity index (χ1n) is 7.07. The Labute approximate surface area is 127 Å². The fourth-order valence-corrected chi connectivity index (χ4v) is 2.35. The van der Waals surface area contributed by atoms with Gasteiger partial charge in [0.1, 0.15) is 11.5 Å². The number of phenolic OH excluding ortho intramolecular Hbond substituents is 2. The topological polar surface area (TPSA) is 76.0 Å². The van der Waals surface area contributed by atoms with Crippen LogP contribution in [0.3, 0.4) is 0 Å². The van der Waals surface area contributed by atoms with Gasteiger partial charge < -0.3 is 19.7 Å². The summed E-state index contributed by atoms with van der Waals surface area (Å²) < 4.78 is 11.1. The molecule has 0 aromatic heterocycles. The van der Waals surface area contributed by atoms with Crippen molar-refractivity contribution in [2.75, 3.05) is 13.2 Å². The van der Waals surface area contributed by atoms with Crippen molar-refractivity contribution in [1.82, 2.24) is 0 Å². The van der Waals surface area contributed by atoms with Crippen molar-refractivity contribution in [3.8, 4) is 23.0 Å². The Hall–Kier alpha value is -2.69. The maximum atomic E-state index is 12.3. The van der Waals surface area contributed by atoms with Crippen molar-refractivity contribution in [3.63, 3.8) is 0 Å². The molecule has 0 fully saturated rings. The minimum Gasteiger partial charge on any atom is -0.508 e. The van der Waals surface area contributed by atoms with E-state index in [0.717, 1.165) is 18.1 Å². The average Bonchev–Trinajstić information content (AvgIpc) is 2.71. The third-order valence-electron chi connectivity index (χ3n) is 3.46. The molecule has 0 aliphatic carbocycles. The van der Waals surface area contributed by atoms with Crippen LogP contribution in [0.1, 0.15) is 22.3 Å². The van der Waals surface area contributed by atoms with Crippen LogP contribution in [0.5, 0.6) is 23.0 Å². The Balaban J connectivity index is 1.80. The predicted molar refractivity (Wildman–Crippen MR) is 79.9 cm³/mol. The van der Waals surface area contributed by atoms with E-state index in [1.54, 1.807) is 12.1 Å². The van der Waals surface area contributed by atoms with Crippen LogP contribution in [0.4, 0.5) is 0 Å². The van der Waals surface area contributed by atoms with Gasteiger partial charge in [0.05, 0.1) is 18.8 Å². The van der Waals surface area contributed by atoms with Gasteiger partial charge in [0.2, 0.25) is 0 Å². The fraction of sp³-hybridized carbons (Fsp3) is 0.235. The summed E-state index contributed by atoms with van der Waals surface area (Å²) in [4.78, 5) is 12.3. The highest BCUT2D eigenvalue weighted by Crippen LogP contribution is 2.31. The smallest absolute Gasteiger partial charge is 0.170 e. The Kier molecular flexibility index (Phi) is 3.87. The Morgan fingerprint density at radius 1 is 1.00 bits per heavy atom. The second-order valence-corrected chi connectivity index (χ2v) is 5.13. The van der Waals surface area contributed by atoms with Crippen LogP contribution in [0.15, 0.2) is 36.4 Å². The van der Waals surface area contributed by atoms with Gasteiger partial charge in [0.25, 0.3) is 0 Å². The number of ketones is 1. The monoisotopic (exact) mass is 300 g/mol. The summed E-state index contributed by atoms with van der Waals surface area (Å²) in [6.45, 7) is 1.20. The number of carbonyl (C=O) groups excluding carboxylic acids is 1. The molecule has 2 aromatic rings. The second-order valence-electron chi connectivity index (χ2n) is 5.13. The SMILES string of the molecule is O=C(Cc1ccc2c(c1)OCCCO2)c1ccc(O)cc1O. The first-order valence-corrected chi connectivity index (χ1v) is 7.07. The maximum Gasteiger partial charge on any atom is 0.170 e. The predicted octanol–water partition coefficient (Wildman–Crippen LogP) is 2.68. The third kappa shape index (κ3) is 2.98. The lowest BCUT2D eigenvalue weighted by Crippen LogP contribution is -2.04. The summed E-state index contributed by atoms with van der Waals surface area (Å²) in [7, 11) is 0. The average molecular weight is 300 g/mol. The van der Waals surface area contributed by atoms with Crippen molar-refractivity contribution in [3.05, 3.63) is 47.5 Å². The Morgan fingerprint density at radius 3 is 2.55 bits per heavy atom. The fourth-order valence-electron chi connectivity index (χ4n) is 2.35. The Bertz CT molecular complexity index is 708. The molecule has 0 amide bonds. The molecule has 0 radical (unpaired) electrons. The number of fused-ring (bicyclic) bond motifs is 1. The van der Waals surface area contributed by atoms with E-state index in [4.69, 9.17) is 9.47 Å². The van der Waals surface area contributed by atoms with Crippen LogP contribution in [0, 0.1) is 0 Å². The van der Waals surface area contributed by atoms with Crippen LogP contribution >= 0.6 is 0 Å². The number of aromatic hydroxyl groups is 2. The molecule has 2 aromatic carbocycles. The molecular weight excluding hydrogens is 284 g/mol. The van der Waals surface area contributed by atoms with Crippen LogP contribution in [0.25, 0.3) is 0 Å². The first kappa shape index (κ1) is 14.3. The van der Waals surface area contributed by atoms with E-state index in [0.29, 0.717) is 24.7 Å². The summed E-state index contributed by atoms with van der Waals surface area (Å²) in [6.07, 6.45) is 0.958. The van der Waals surface area contributed by atoms with Gasteiger partial charge in [-0.2, -0.15) is 0 Å². The van der Waals surface area contributed by atoms with Crippen molar-refractivity contribution >= 4 is 5.78 Å². The number of hydrogen-bond donors (Lipinski definition) is 2. The third-order valence-corrected chi connectivity index (χ3v) is 3.46. The lowest BCUT2D eigenvalue weighted by atomic mass is 10.0. The largest absolute Gasteiger partial charge is 0.508 e. The number of hydrogen-bond acceptors (Lipinski definition) is 5. The van der Waals surface area contributed by atoms with E-state index in [9.17, 15) is 15.0 Å². The minimum absolute atomic E-state index is 0.0790. The first-order chi connectivity index (χ1) is 10.6. The quantitative estimate of drug-likeness (QED) is 0.852. The summed E-state index contributed by atoms with van der Waals surface area (Å²) in [5.74, 6) is 0.787. The number of rotatable bonds is 3. The molecule has 1 aliphatic heterocycles. The minimum atomic E-state index is -0.230. The molecule has 0 saturated carbocycles.